The number of carboxylic acid groups (broad SMARTS) is 1. The van der Waals surface area contributed by atoms with Crippen LogP contribution in [0.1, 0.15) is 27.2 Å². The van der Waals surface area contributed by atoms with Crippen LogP contribution in [0.5, 0.6) is 0 Å². The van der Waals surface area contributed by atoms with Gasteiger partial charge in [-0.25, -0.2) is 4.79 Å². The summed E-state index contributed by atoms with van der Waals surface area (Å²) >= 11 is 6.09. The molecule has 0 unspecified atom stereocenters. The topological polar surface area (TPSA) is 62.8 Å². The van der Waals surface area contributed by atoms with E-state index in [1.807, 2.05) is 31.2 Å². The average Bonchev–Trinajstić information content (AvgIpc) is 3.05. The second-order valence-electron chi connectivity index (χ2n) is 5.68. The summed E-state index contributed by atoms with van der Waals surface area (Å²) in [6.07, 6.45) is 1.62. The molecule has 0 saturated carbocycles. The van der Waals surface area contributed by atoms with E-state index in [0.29, 0.717) is 27.7 Å². The lowest BCUT2D eigenvalue weighted by atomic mass is 10.0. The largest absolute Gasteiger partial charge is 0.478 e. The van der Waals surface area contributed by atoms with Gasteiger partial charge in [0.2, 0.25) is 0 Å². The van der Waals surface area contributed by atoms with Gasteiger partial charge >= 0.3 is 5.97 Å². The molecule has 126 valence electrons. The Morgan fingerprint density at radius 3 is 2.72 bits per heavy atom. The van der Waals surface area contributed by atoms with E-state index < -0.39 is 5.97 Å². The molecule has 0 aliphatic heterocycles. The average molecular weight is 354 g/mol. The zero-order chi connectivity index (χ0) is 18.0. The summed E-state index contributed by atoms with van der Waals surface area (Å²) < 4.78 is 5.76. The molecule has 0 saturated heterocycles. The van der Waals surface area contributed by atoms with Gasteiger partial charge in [0, 0.05) is 10.6 Å². The Labute approximate surface area is 150 Å². The van der Waals surface area contributed by atoms with Gasteiger partial charge in [0.05, 0.1) is 17.5 Å². The van der Waals surface area contributed by atoms with E-state index in [0.717, 1.165) is 11.3 Å². The minimum atomic E-state index is -0.955. The maximum absolute atomic E-state index is 11.3. The van der Waals surface area contributed by atoms with Crippen LogP contribution >= 0.6 is 11.6 Å². The predicted octanol–water partition coefficient (Wildman–Crippen LogP) is 5.67. The molecule has 1 aromatic heterocycles. The third-order valence-electron chi connectivity index (χ3n) is 3.95. The number of rotatable bonds is 4. The second-order valence-corrected chi connectivity index (χ2v) is 6.09. The smallest absolute Gasteiger partial charge is 0.335 e. The van der Waals surface area contributed by atoms with Crippen LogP contribution in [0.3, 0.4) is 0 Å². The lowest BCUT2D eigenvalue weighted by Gasteiger charge is -2.03. The molecule has 0 atom stereocenters. The quantitative estimate of drug-likeness (QED) is 0.615. The highest BCUT2D eigenvalue weighted by molar-refractivity contribution is 6.31. The summed E-state index contributed by atoms with van der Waals surface area (Å²) in [6, 6.07) is 14.3. The monoisotopic (exact) mass is 353 g/mol. The molecule has 0 aliphatic rings. The lowest BCUT2D eigenvalue weighted by Crippen LogP contribution is -1.99. The molecule has 1 N–H and O–H groups in total. The van der Waals surface area contributed by atoms with Crippen LogP contribution in [0.4, 0.5) is 5.69 Å². The third-order valence-corrected chi connectivity index (χ3v) is 4.36. The normalized spacial score (nSPS) is 11.2. The van der Waals surface area contributed by atoms with Crippen molar-refractivity contribution in [1.82, 2.24) is 0 Å². The van der Waals surface area contributed by atoms with Gasteiger partial charge in [0.25, 0.3) is 0 Å². The molecule has 3 aromatic rings. The summed E-state index contributed by atoms with van der Waals surface area (Å²) in [5.74, 6) is 0.211. The first kappa shape index (κ1) is 17.0. The van der Waals surface area contributed by atoms with Gasteiger partial charge in [-0.1, -0.05) is 29.8 Å². The summed E-state index contributed by atoms with van der Waals surface area (Å²) in [6.45, 7) is 3.67. The Morgan fingerprint density at radius 2 is 1.96 bits per heavy atom. The zero-order valence-corrected chi connectivity index (χ0v) is 14.5. The van der Waals surface area contributed by atoms with Crippen molar-refractivity contribution < 1.29 is 14.3 Å². The van der Waals surface area contributed by atoms with Gasteiger partial charge in [-0.05, 0) is 55.3 Å². The van der Waals surface area contributed by atoms with E-state index in [9.17, 15) is 9.90 Å². The highest BCUT2D eigenvalue weighted by Crippen LogP contribution is 2.27. The Bertz CT molecular complexity index is 973. The van der Waals surface area contributed by atoms with Gasteiger partial charge in [0.1, 0.15) is 11.5 Å². The standard InChI is InChI=1S/C20H16ClNO3/c1-12-6-7-14(10-16(12)20(23)24)19-9-8-15(25-19)11-22-18-5-3-4-17(21)13(18)2/h3-11H,1-2H3,(H,23,24). The number of carbonyl (C=O) groups is 1. The van der Waals surface area contributed by atoms with Gasteiger partial charge in [-0.15, -0.1) is 0 Å². The molecule has 2 aromatic carbocycles. The van der Waals surface area contributed by atoms with Gasteiger partial charge < -0.3 is 9.52 Å². The Morgan fingerprint density at radius 1 is 1.16 bits per heavy atom. The minimum absolute atomic E-state index is 0.263. The number of hydrogen-bond acceptors (Lipinski definition) is 3. The van der Waals surface area contributed by atoms with Crippen molar-refractivity contribution in [1.29, 1.82) is 0 Å². The number of aromatic carboxylic acids is 1. The van der Waals surface area contributed by atoms with Crippen LogP contribution in [-0.4, -0.2) is 17.3 Å². The molecule has 0 fully saturated rings. The summed E-state index contributed by atoms with van der Waals surface area (Å²) in [5, 5.41) is 9.90. The van der Waals surface area contributed by atoms with Crippen molar-refractivity contribution in [3.8, 4) is 11.3 Å². The minimum Gasteiger partial charge on any atom is -0.478 e. The first-order chi connectivity index (χ1) is 12.0. The van der Waals surface area contributed by atoms with Gasteiger partial charge in [-0.2, -0.15) is 0 Å². The first-order valence-electron chi connectivity index (χ1n) is 7.69. The molecule has 3 rings (SSSR count). The fourth-order valence-electron chi connectivity index (χ4n) is 2.45. The van der Waals surface area contributed by atoms with Crippen molar-refractivity contribution in [3.05, 3.63) is 76.0 Å². The molecule has 1 heterocycles. The number of aliphatic imine (C=N–C) groups is 1. The molecule has 0 radical (unpaired) electrons. The number of nitrogens with zero attached hydrogens (tertiary/aromatic N) is 1. The van der Waals surface area contributed by atoms with Crippen LogP contribution in [0.2, 0.25) is 5.02 Å². The van der Waals surface area contributed by atoms with E-state index in [1.54, 1.807) is 37.4 Å². The first-order valence-corrected chi connectivity index (χ1v) is 8.07. The SMILES string of the molecule is Cc1ccc(-c2ccc(C=Nc3cccc(Cl)c3C)o2)cc1C(=O)O. The van der Waals surface area contributed by atoms with Crippen LogP contribution in [-0.2, 0) is 0 Å². The Kier molecular flexibility index (Phi) is 4.72. The van der Waals surface area contributed by atoms with Crippen molar-refractivity contribution in [3.63, 3.8) is 0 Å². The summed E-state index contributed by atoms with van der Waals surface area (Å²) in [4.78, 5) is 15.7. The molecular formula is C20H16ClNO3. The lowest BCUT2D eigenvalue weighted by molar-refractivity contribution is 0.0696. The third kappa shape index (κ3) is 3.64. The second kappa shape index (κ2) is 6.95. The van der Waals surface area contributed by atoms with Crippen LogP contribution in [0.25, 0.3) is 11.3 Å². The van der Waals surface area contributed by atoms with E-state index in [-0.39, 0.29) is 5.56 Å². The Balaban J connectivity index is 1.88. The highest BCUT2D eigenvalue weighted by atomic mass is 35.5. The molecule has 25 heavy (non-hydrogen) atoms. The van der Waals surface area contributed by atoms with E-state index in [1.165, 1.54) is 0 Å². The van der Waals surface area contributed by atoms with Crippen molar-refractivity contribution in [2.24, 2.45) is 4.99 Å². The van der Waals surface area contributed by atoms with Crippen molar-refractivity contribution in [2.45, 2.75) is 13.8 Å². The number of benzene rings is 2. The van der Waals surface area contributed by atoms with Crippen LogP contribution in [0, 0.1) is 13.8 Å². The van der Waals surface area contributed by atoms with Crippen molar-refractivity contribution >= 4 is 29.5 Å². The fraction of sp³-hybridized carbons (Fsp3) is 0.100. The molecule has 0 bridgehead atoms. The summed E-state index contributed by atoms with van der Waals surface area (Å²) in [7, 11) is 0. The highest BCUT2D eigenvalue weighted by Gasteiger charge is 2.11. The molecule has 0 amide bonds. The number of carboxylic acids is 1. The predicted molar refractivity (Wildman–Crippen MR) is 99.3 cm³/mol. The number of halogens is 1. The van der Waals surface area contributed by atoms with E-state index in [4.69, 9.17) is 16.0 Å². The van der Waals surface area contributed by atoms with E-state index >= 15 is 0 Å². The Hall–Kier alpha value is -2.85. The maximum Gasteiger partial charge on any atom is 0.335 e. The molecular weight excluding hydrogens is 338 g/mol. The number of hydrogen-bond donors (Lipinski definition) is 1. The summed E-state index contributed by atoms with van der Waals surface area (Å²) in [5.41, 5.74) is 3.35. The van der Waals surface area contributed by atoms with Gasteiger partial charge in [0.15, 0.2) is 0 Å². The molecule has 5 heteroatoms. The van der Waals surface area contributed by atoms with Crippen LogP contribution in [0.15, 0.2) is 57.9 Å². The molecule has 0 aliphatic carbocycles. The van der Waals surface area contributed by atoms with E-state index in [2.05, 4.69) is 4.99 Å². The van der Waals surface area contributed by atoms with Crippen molar-refractivity contribution in [2.75, 3.05) is 0 Å². The number of aryl methyl sites for hydroxylation is 1. The zero-order valence-electron chi connectivity index (χ0n) is 13.8. The molecule has 0 spiro atoms. The maximum atomic E-state index is 11.3. The van der Waals surface area contributed by atoms with Gasteiger partial charge in [-0.3, -0.25) is 4.99 Å². The number of furan rings is 1. The molecule has 4 nitrogen and oxygen atoms in total. The fourth-order valence-corrected chi connectivity index (χ4v) is 2.62. The van der Waals surface area contributed by atoms with Crippen LogP contribution < -0.4 is 0 Å².